The first-order valence-corrected chi connectivity index (χ1v) is 8.75. The van der Waals surface area contributed by atoms with E-state index in [1.54, 1.807) is 17.2 Å². The van der Waals surface area contributed by atoms with E-state index in [4.69, 9.17) is 0 Å². The fraction of sp³-hybridized carbons (Fsp3) is 0.579. The third-order valence-corrected chi connectivity index (χ3v) is 4.55. The fourth-order valence-electron chi connectivity index (χ4n) is 3.16. The molecule has 0 saturated heterocycles. The van der Waals surface area contributed by atoms with E-state index < -0.39 is 12.0 Å². The van der Waals surface area contributed by atoms with Crippen LogP contribution >= 0.6 is 0 Å². The van der Waals surface area contributed by atoms with Gasteiger partial charge in [-0.2, -0.15) is 0 Å². The summed E-state index contributed by atoms with van der Waals surface area (Å²) < 4.78 is 0. The number of carbonyl (C=O) groups is 1. The van der Waals surface area contributed by atoms with Gasteiger partial charge in [0.05, 0.1) is 12.0 Å². The largest absolute Gasteiger partial charge is 0.392 e. The monoisotopic (exact) mass is 316 g/mol. The van der Waals surface area contributed by atoms with Crippen LogP contribution in [0.2, 0.25) is 0 Å². The number of amides is 1. The summed E-state index contributed by atoms with van der Waals surface area (Å²) in [6, 6.07) is 3.89. The molecule has 4 heteroatoms. The molecule has 2 rings (SSSR count). The molecule has 1 amide bonds. The van der Waals surface area contributed by atoms with Gasteiger partial charge in [0.15, 0.2) is 0 Å². The van der Waals surface area contributed by atoms with E-state index >= 15 is 0 Å². The highest BCUT2D eigenvalue weighted by Gasteiger charge is 2.32. The Balaban J connectivity index is 1.92. The van der Waals surface area contributed by atoms with Crippen LogP contribution in [-0.2, 0) is 11.2 Å². The Morgan fingerprint density at radius 1 is 1.43 bits per heavy atom. The number of nitrogens with zero attached hydrogens (tertiary/aromatic N) is 2. The van der Waals surface area contributed by atoms with Crippen molar-refractivity contribution in [2.24, 2.45) is 5.92 Å². The number of hydrogen-bond donors (Lipinski definition) is 1. The number of carbonyl (C=O) groups excluding carboxylic acids is 1. The Morgan fingerprint density at radius 3 is 2.96 bits per heavy atom. The summed E-state index contributed by atoms with van der Waals surface area (Å²) in [5, 5.41) is 10.4. The van der Waals surface area contributed by atoms with Crippen molar-refractivity contribution in [3.8, 4) is 0 Å². The van der Waals surface area contributed by atoms with Crippen molar-refractivity contribution in [2.75, 3.05) is 11.4 Å². The second-order valence-corrected chi connectivity index (χ2v) is 6.26. The van der Waals surface area contributed by atoms with Crippen molar-refractivity contribution in [3.63, 3.8) is 0 Å². The molecule has 0 aromatic carbocycles. The van der Waals surface area contributed by atoms with Crippen LogP contribution in [0, 0.1) is 5.92 Å². The maximum absolute atomic E-state index is 12.8. The SMILES string of the molecule is C=C[C@@H](C(=O)N1CCc2cccnc21)[C@@H](O)CCCCCCC. The number of rotatable bonds is 9. The second-order valence-electron chi connectivity index (χ2n) is 6.26. The molecule has 1 N–H and O–H groups in total. The first-order chi connectivity index (χ1) is 11.2. The molecule has 1 aromatic rings. The van der Waals surface area contributed by atoms with Gasteiger partial charge in [0.2, 0.25) is 5.91 Å². The summed E-state index contributed by atoms with van der Waals surface area (Å²) in [6.07, 6.45) is 9.80. The number of pyridine rings is 1. The van der Waals surface area contributed by atoms with Crippen molar-refractivity contribution >= 4 is 11.7 Å². The summed E-state index contributed by atoms with van der Waals surface area (Å²) in [6.45, 7) is 6.58. The topological polar surface area (TPSA) is 53.4 Å². The molecule has 1 aliphatic heterocycles. The molecule has 1 aromatic heterocycles. The molecule has 2 atom stereocenters. The zero-order chi connectivity index (χ0) is 16.7. The van der Waals surface area contributed by atoms with E-state index in [1.807, 2.05) is 12.1 Å². The third-order valence-electron chi connectivity index (χ3n) is 4.55. The Kier molecular flexibility index (Phi) is 6.78. The van der Waals surface area contributed by atoms with Gasteiger partial charge >= 0.3 is 0 Å². The molecule has 0 bridgehead atoms. The zero-order valence-electron chi connectivity index (χ0n) is 14.1. The molecule has 0 aliphatic carbocycles. The van der Waals surface area contributed by atoms with Crippen LogP contribution in [0.3, 0.4) is 0 Å². The number of aliphatic hydroxyl groups excluding tert-OH is 1. The van der Waals surface area contributed by atoms with Crippen LogP contribution in [0.15, 0.2) is 31.0 Å². The molecule has 0 fully saturated rings. The lowest BCUT2D eigenvalue weighted by molar-refractivity contribution is -0.124. The minimum atomic E-state index is -0.658. The van der Waals surface area contributed by atoms with Gasteiger partial charge in [-0.3, -0.25) is 9.69 Å². The smallest absolute Gasteiger partial charge is 0.237 e. The molecule has 126 valence electrons. The van der Waals surface area contributed by atoms with E-state index in [1.165, 1.54) is 19.3 Å². The van der Waals surface area contributed by atoms with Crippen LogP contribution in [0.5, 0.6) is 0 Å². The van der Waals surface area contributed by atoms with E-state index in [9.17, 15) is 9.90 Å². The van der Waals surface area contributed by atoms with E-state index in [0.717, 1.165) is 30.6 Å². The second kappa shape index (κ2) is 8.82. The van der Waals surface area contributed by atoms with Crippen molar-refractivity contribution in [1.82, 2.24) is 4.98 Å². The zero-order valence-corrected chi connectivity index (χ0v) is 14.1. The highest BCUT2D eigenvalue weighted by molar-refractivity contribution is 5.97. The van der Waals surface area contributed by atoms with Gasteiger partial charge in [0.1, 0.15) is 5.82 Å². The minimum absolute atomic E-state index is 0.0847. The van der Waals surface area contributed by atoms with Gasteiger partial charge in [0.25, 0.3) is 0 Å². The van der Waals surface area contributed by atoms with Gasteiger partial charge in [-0.15, -0.1) is 6.58 Å². The third kappa shape index (κ3) is 4.41. The summed E-state index contributed by atoms with van der Waals surface area (Å²) >= 11 is 0. The van der Waals surface area contributed by atoms with E-state index in [-0.39, 0.29) is 5.91 Å². The lowest BCUT2D eigenvalue weighted by Gasteiger charge is -2.24. The van der Waals surface area contributed by atoms with Gasteiger partial charge in [-0.05, 0) is 24.5 Å². The minimum Gasteiger partial charge on any atom is -0.392 e. The predicted molar refractivity (Wildman–Crippen MR) is 93.4 cm³/mol. The first kappa shape index (κ1) is 17.7. The number of anilines is 1. The van der Waals surface area contributed by atoms with Gasteiger partial charge < -0.3 is 5.11 Å². The van der Waals surface area contributed by atoms with E-state index in [0.29, 0.717) is 13.0 Å². The van der Waals surface area contributed by atoms with Gasteiger partial charge in [-0.1, -0.05) is 51.2 Å². The normalized spacial score (nSPS) is 16.0. The highest BCUT2D eigenvalue weighted by atomic mass is 16.3. The summed E-state index contributed by atoms with van der Waals surface area (Å²) in [5.74, 6) is 0.104. The van der Waals surface area contributed by atoms with Crippen LogP contribution in [0.1, 0.15) is 51.0 Å². The van der Waals surface area contributed by atoms with Crippen molar-refractivity contribution < 1.29 is 9.90 Å². The number of unbranched alkanes of at least 4 members (excludes halogenated alkanes) is 4. The summed E-state index contributed by atoms with van der Waals surface area (Å²) in [7, 11) is 0. The molecule has 0 saturated carbocycles. The Bertz CT molecular complexity index is 530. The molecule has 4 nitrogen and oxygen atoms in total. The molecule has 0 radical (unpaired) electrons. The standard InChI is InChI=1S/C19H28N2O2/c1-3-5-6-7-8-11-17(22)16(4-2)19(23)21-14-12-15-10-9-13-20-18(15)21/h4,9-10,13,16-17,22H,2-3,5-8,11-12,14H2,1H3/t16-,17+/m1/s1. The highest BCUT2D eigenvalue weighted by Crippen LogP contribution is 2.28. The quantitative estimate of drug-likeness (QED) is 0.560. The number of fused-ring (bicyclic) bond motifs is 1. The Labute approximate surface area is 139 Å². The van der Waals surface area contributed by atoms with Gasteiger partial charge in [-0.25, -0.2) is 4.98 Å². The lowest BCUT2D eigenvalue weighted by Crippen LogP contribution is -2.39. The summed E-state index contributed by atoms with van der Waals surface area (Å²) in [4.78, 5) is 18.8. The molecule has 0 unspecified atom stereocenters. The molecular weight excluding hydrogens is 288 g/mol. The van der Waals surface area contributed by atoms with Crippen molar-refractivity contribution in [2.45, 2.75) is 58.0 Å². The maximum atomic E-state index is 12.8. The summed E-state index contributed by atoms with van der Waals surface area (Å²) in [5.41, 5.74) is 1.10. The van der Waals surface area contributed by atoms with Crippen LogP contribution in [0.25, 0.3) is 0 Å². The number of hydrogen-bond acceptors (Lipinski definition) is 3. The molecule has 23 heavy (non-hydrogen) atoms. The molecular formula is C19H28N2O2. The predicted octanol–water partition coefficient (Wildman–Crippen LogP) is 3.49. The molecule has 0 spiro atoms. The fourth-order valence-corrected chi connectivity index (χ4v) is 3.16. The first-order valence-electron chi connectivity index (χ1n) is 8.75. The molecule has 2 heterocycles. The molecule has 1 aliphatic rings. The van der Waals surface area contributed by atoms with E-state index in [2.05, 4.69) is 18.5 Å². The van der Waals surface area contributed by atoms with Crippen LogP contribution in [0.4, 0.5) is 5.82 Å². The number of aromatic nitrogens is 1. The van der Waals surface area contributed by atoms with Gasteiger partial charge in [0, 0.05) is 12.7 Å². The number of aliphatic hydroxyl groups is 1. The average molecular weight is 316 g/mol. The Morgan fingerprint density at radius 2 is 2.22 bits per heavy atom. The van der Waals surface area contributed by atoms with Crippen LogP contribution < -0.4 is 4.90 Å². The lowest BCUT2D eigenvalue weighted by atomic mass is 9.95. The van der Waals surface area contributed by atoms with Crippen molar-refractivity contribution in [3.05, 3.63) is 36.5 Å². The average Bonchev–Trinajstić information content (AvgIpc) is 2.99. The van der Waals surface area contributed by atoms with Crippen molar-refractivity contribution in [1.29, 1.82) is 0 Å². The maximum Gasteiger partial charge on any atom is 0.237 e. The van der Waals surface area contributed by atoms with Crippen LogP contribution in [-0.4, -0.2) is 28.6 Å². The Hall–Kier alpha value is -1.68.